The largest absolute Gasteiger partial charge is 0.376 e. The summed E-state index contributed by atoms with van der Waals surface area (Å²) >= 11 is 0. The average Bonchev–Trinajstić information content (AvgIpc) is 3.00. The van der Waals surface area contributed by atoms with Gasteiger partial charge in [0.2, 0.25) is 0 Å². The quantitative estimate of drug-likeness (QED) is 0.798. The van der Waals surface area contributed by atoms with Gasteiger partial charge in [-0.25, -0.2) is 0 Å². The van der Waals surface area contributed by atoms with Gasteiger partial charge in [-0.3, -0.25) is 5.10 Å². The number of unbranched alkanes of at least 4 members (excludes halogenated alkanes) is 1. The molecule has 0 amide bonds. The van der Waals surface area contributed by atoms with Crippen LogP contribution in [0.1, 0.15) is 89.3 Å². The molecule has 2 heterocycles. The molecule has 1 N–H and O–H groups in total. The first kappa shape index (κ1) is 18.9. The van der Waals surface area contributed by atoms with Crippen molar-refractivity contribution in [2.24, 2.45) is 5.41 Å². The number of nitrogens with one attached hydrogen (secondary N) is 1. The lowest BCUT2D eigenvalue weighted by atomic mass is 9.63. The minimum atomic E-state index is 0.426. The van der Waals surface area contributed by atoms with E-state index < -0.39 is 0 Å². The molecular formula is C21H37N3O. The van der Waals surface area contributed by atoms with Crippen molar-refractivity contribution in [1.29, 1.82) is 0 Å². The average molecular weight is 348 g/mol. The molecule has 0 aromatic carbocycles. The maximum Gasteiger partial charge on any atom is 0.0555 e. The third-order valence-corrected chi connectivity index (χ3v) is 6.45. The zero-order valence-electron chi connectivity index (χ0n) is 16.7. The van der Waals surface area contributed by atoms with Crippen molar-refractivity contribution >= 4 is 0 Å². The molecule has 2 atom stereocenters. The highest BCUT2D eigenvalue weighted by molar-refractivity contribution is 5.21. The monoisotopic (exact) mass is 347 g/mol. The Morgan fingerprint density at radius 2 is 1.92 bits per heavy atom. The summed E-state index contributed by atoms with van der Waals surface area (Å²) in [6.45, 7) is 8.96. The van der Waals surface area contributed by atoms with Crippen LogP contribution in [0.2, 0.25) is 0 Å². The van der Waals surface area contributed by atoms with E-state index >= 15 is 0 Å². The molecule has 4 nitrogen and oxygen atoms in total. The van der Waals surface area contributed by atoms with E-state index in [1.54, 1.807) is 0 Å². The van der Waals surface area contributed by atoms with Gasteiger partial charge >= 0.3 is 0 Å². The first-order valence-corrected chi connectivity index (χ1v) is 10.4. The Labute approximate surface area is 153 Å². The fraction of sp³-hybridized carbons (Fsp3) is 0.857. The molecule has 3 rings (SSSR count). The van der Waals surface area contributed by atoms with Crippen LogP contribution in [0.4, 0.5) is 0 Å². The smallest absolute Gasteiger partial charge is 0.0555 e. The Hall–Kier alpha value is -0.870. The van der Waals surface area contributed by atoms with Crippen LogP contribution in [0.5, 0.6) is 0 Å². The summed E-state index contributed by atoms with van der Waals surface area (Å²) in [7, 11) is 2.23. The summed E-state index contributed by atoms with van der Waals surface area (Å²) < 4.78 is 5.99. The van der Waals surface area contributed by atoms with Gasteiger partial charge in [0.25, 0.3) is 0 Å². The highest BCUT2D eigenvalue weighted by Crippen LogP contribution is 2.51. The van der Waals surface area contributed by atoms with Crippen LogP contribution in [0.3, 0.4) is 0 Å². The van der Waals surface area contributed by atoms with Gasteiger partial charge in [-0.2, -0.15) is 5.10 Å². The second-order valence-corrected chi connectivity index (χ2v) is 8.84. The molecule has 1 aromatic heterocycles. The molecule has 142 valence electrons. The Bertz CT molecular complexity index is 521. The van der Waals surface area contributed by atoms with E-state index in [1.165, 1.54) is 69.2 Å². The van der Waals surface area contributed by atoms with E-state index in [0.29, 0.717) is 23.5 Å². The molecule has 1 spiro atoms. The van der Waals surface area contributed by atoms with Gasteiger partial charge in [0.15, 0.2) is 0 Å². The minimum Gasteiger partial charge on any atom is -0.376 e. The van der Waals surface area contributed by atoms with Crippen molar-refractivity contribution in [1.82, 2.24) is 15.1 Å². The Morgan fingerprint density at radius 1 is 1.24 bits per heavy atom. The summed E-state index contributed by atoms with van der Waals surface area (Å²) in [5.41, 5.74) is 3.35. The number of hydrogen-bond acceptors (Lipinski definition) is 3. The van der Waals surface area contributed by atoms with E-state index in [2.05, 4.69) is 49.1 Å². The predicted octanol–water partition coefficient (Wildman–Crippen LogP) is 4.87. The number of hydrogen-bond donors (Lipinski definition) is 1. The molecule has 0 bridgehead atoms. The molecule has 0 radical (unpaired) electrons. The maximum absolute atomic E-state index is 5.99. The normalized spacial score (nSPS) is 33.2. The molecule has 2 unspecified atom stereocenters. The third kappa shape index (κ3) is 4.65. The first-order chi connectivity index (χ1) is 12.0. The van der Waals surface area contributed by atoms with Crippen LogP contribution in [0, 0.1) is 5.41 Å². The lowest BCUT2D eigenvalue weighted by Crippen LogP contribution is -2.40. The van der Waals surface area contributed by atoms with Gasteiger partial charge in [-0.1, -0.05) is 13.3 Å². The lowest BCUT2D eigenvalue weighted by molar-refractivity contribution is -0.0993. The van der Waals surface area contributed by atoms with Crippen molar-refractivity contribution in [3.8, 4) is 0 Å². The number of rotatable bonds is 6. The van der Waals surface area contributed by atoms with Crippen LogP contribution in [-0.2, 0) is 11.3 Å². The summed E-state index contributed by atoms with van der Waals surface area (Å²) in [6.07, 6.45) is 13.2. The molecule has 1 aliphatic carbocycles. The van der Waals surface area contributed by atoms with Crippen LogP contribution in [-0.4, -0.2) is 40.9 Å². The topological polar surface area (TPSA) is 41.2 Å². The second-order valence-electron chi connectivity index (χ2n) is 8.84. The predicted molar refractivity (Wildman–Crippen MR) is 103 cm³/mol. The third-order valence-electron chi connectivity index (χ3n) is 6.45. The van der Waals surface area contributed by atoms with Crippen LogP contribution in [0.15, 0.2) is 6.20 Å². The summed E-state index contributed by atoms with van der Waals surface area (Å²) in [5, 5.41) is 7.73. The SMILES string of the molecule is CCCCN(C)Cc1cn[nH]c1C1CCC2(CC1)CC(C)OC(C)C2. The highest BCUT2D eigenvalue weighted by atomic mass is 16.5. The molecular weight excluding hydrogens is 310 g/mol. The van der Waals surface area contributed by atoms with E-state index in [-0.39, 0.29) is 0 Å². The molecule has 4 heteroatoms. The van der Waals surface area contributed by atoms with Gasteiger partial charge in [-0.15, -0.1) is 0 Å². The number of aromatic amines is 1. The summed E-state index contributed by atoms with van der Waals surface area (Å²) in [5.74, 6) is 0.663. The first-order valence-electron chi connectivity index (χ1n) is 10.4. The fourth-order valence-electron chi connectivity index (χ4n) is 5.32. The Morgan fingerprint density at radius 3 is 2.56 bits per heavy atom. The minimum absolute atomic E-state index is 0.426. The standard InChI is InChI=1S/C21H37N3O/c1-5-6-11-24(4)15-19-14-22-23-20(19)18-7-9-21(10-8-18)12-16(2)25-17(3)13-21/h14,16-18H,5-13,15H2,1-4H3,(H,22,23). The number of aromatic nitrogens is 2. The zero-order valence-corrected chi connectivity index (χ0v) is 16.7. The fourth-order valence-corrected chi connectivity index (χ4v) is 5.32. The van der Waals surface area contributed by atoms with Crippen molar-refractivity contribution in [2.45, 2.75) is 96.8 Å². The van der Waals surface area contributed by atoms with E-state index in [9.17, 15) is 0 Å². The van der Waals surface area contributed by atoms with Gasteiger partial charge in [0.05, 0.1) is 18.4 Å². The molecule has 1 saturated carbocycles. The highest BCUT2D eigenvalue weighted by Gasteiger charge is 2.41. The van der Waals surface area contributed by atoms with Crippen LogP contribution >= 0.6 is 0 Å². The Kier molecular flexibility index (Phi) is 6.21. The summed E-state index contributed by atoms with van der Waals surface area (Å²) in [6, 6.07) is 0. The van der Waals surface area contributed by atoms with E-state index in [1.807, 2.05) is 0 Å². The van der Waals surface area contributed by atoms with E-state index in [0.717, 1.165) is 6.54 Å². The molecule has 2 aliphatic rings. The maximum atomic E-state index is 5.99. The van der Waals surface area contributed by atoms with Gasteiger partial charge in [-0.05, 0) is 77.8 Å². The van der Waals surface area contributed by atoms with Crippen molar-refractivity contribution in [3.63, 3.8) is 0 Å². The van der Waals surface area contributed by atoms with Gasteiger partial charge in [0, 0.05) is 23.7 Å². The molecule has 2 fully saturated rings. The number of ether oxygens (including phenoxy) is 1. The van der Waals surface area contributed by atoms with E-state index in [4.69, 9.17) is 4.74 Å². The number of H-pyrrole nitrogens is 1. The van der Waals surface area contributed by atoms with Crippen molar-refractivity contribution in [3.05, 3.63) is 17.5 Å². The van der Waals surface area contributed by atoms with Crippen LogP contribution < -0.4 is 0 Å². The second kappa shape index (κ2) is 8.22. The zero-order chi connectivity index (χ0) is 17.9. The summed E-state index contributed by atoms with van der Waals surface area (Å²) in [4.78, 5) is 2.43. The Balaban J connectivity index is 1.59. The molecule has 25 heavy (non-hydrogen) atoms. The van der Waals surface area contributed by atoms with Gasteiger partial charge < -0.3 is 9.64 Å². The molecule has 1 aromatic rings. The van der Waals surface area contributed by atoms with Crippen molar-refractivity contribution in [2.75, 3.05) is 13.6 Å². The van der Waals surface area contributed by atoms with Gasteiger partial charge in [0.1, 0.15) is 0 Å². The van der Waals surface area contributed by atoms with Crippen molar-refractivity contribution < 1.29 is 4.74 Å². The number of nitrogens with zero attached hydrogens (tertiary/aromatic N) is 2. The molecule has 1 saturated heterocycles. The molecule has 1 aliphatic heterocycles. The lowest BCUT2D eigenvalue weighted by Gasteiger charge is -2.47. The van der Waals surface area contributed by atoms with Crippen LogP contribution in [0.25, 0.3) is 0 Å².